The second-order valence-electron chi connectivity index (χ2n) is 8.96. The van der Waals surface area contributed by atoms with Crippen LogP contribution in [0.15, 0.2) is 72.2 Å². The Labute approximate surface area is 213 Å². The maximum absolute atomic E-state index is 5.68. The van der Waals surface area contributed by atoms with Gasteiger partial charge in [-0.1, -0.05) is 48.5 Å². The number of halogens is 1. The van der Waals surface area contributed by atoms with Gasteiger partial charge in [-0.25, -0.2) is 4.98 Å². The highest BCUT2D eigenvalue weighted by Crippen LogP contribution is 2.38. The normalized spacial score (nSPS) is 20.3. The van der Waals surface area contributed by atoms with E-state index in [2.05, 4.69) is 73.3 Å². The SMILES string of the molecule is CN=C(NCc1ccccc1-c1ccc(Cn2ccnc2)cc1)N1CCC2(CCOC2)C1.I. The molecule has 1 N–H and O–H groups in total. The maximum Gasteiger partial charge on any atom is 0.193 e. The minimum absolute atomic E-state index is 0. The van der Waals surface area contributed by atoms with Crippen molar-refractivity contribution < 1.29 is 4.74 Å². The summed E-state index contributed by atoms with van der Waals surface area (Å²) in [6.07, 6.45) is 8.01. The van der Waals surface area contributed by atoms with Gasteiger partial charge in [0, 0.05) is 57.6 Å². The van der Waals surface area contributed by atoms with Gasteiger partial charge in [0.1, 0.15) is 0 Å². The molecule has 1 aromatic heterocycles. The Morgan fingerprint density at radius 2 is 2.00 bits per heavy atom. The lowest BCUT2D eigenvalue weighted by Gasteiger charge is -2.25. The predicted octanol–water partition coefficient (Wildman–Crippen LogP) is 4.40. The lowest BCUT2D eigenvalue weighted by atomic mass is 9.87. The monoisotopic (exact) mass is 557 g/mol. The van der Waals surface area contributed by atoms with Crippen LogP contribution in [0.1, 0.15) is 24.0 Å². The van der Waals surface area contributed by atoms with Gasteiger partial charge in [-0.15, -0.1) is 24.0 Å². The quantitative estimate of drug-likeness (QED) is 0.287. The van der Waals surface area contributed by atoms with E-state index in [0.717, 1.165) is 45.4 Å². The Hall–Kier alpha value is -2.39. The van der Waals surface area contributed by atoms with Gasteiger partial charge in [0.15, 0.2) is 5.96 Å². The molecular formula is C26H32IN5O. The smallest absolute Gasteiger partial charge is 0.193 e. The average molecular weight is 557 g/mol. The third-order valence-electron chi connectivity index (χ3n) is 6.78. The molecule has 1 atom stereocenters. The van der Waals surface area contributed by atoms with Crippen LogP contribution in [-0.4, -0.2) is 53.8 Å². The van der Waals surface area contributed by atoms with Gasteiger partial charge in [-0.2, -0.15) is 0 Å². The van der Waals surface area contributed by atoms with E-state index < -0.39 is 0 Å². The number of guanidine groups is 1. The first kappa shape index (κ1) is 23.8. The summed E-state index contributed by atoms with van der Waals surface area (Å²) in [5.41, 5.74) is 5.35. The van der Waals surface area contributed by atoms with E-state index in [0.29, 0.717) is 5.41 Å². The Bertz CT molecular complexity index is 1060. The number of rotatable bonds is 5. The number of aliphatic imine (C=N–C) groups is 1. The van der Waals surface area contributed by atoms with E-state index >= 15 is 0 Å². The van der Waals surface area contributed by atoms with Crippen molar-refractivity contribution in [1.82, 2.24) is 19.8 Å². The second-order valence-corrected chi connectivity index (χ2v) is 8.96. The molecule has 3 heterocycles. The highest BCUT2D eigenvalue weighted by molar-refractivity contribution is 14.0. The Balaban J connectivity index is 0.00000259. The molecule has 2 aliphatic heterocycles. The zero-order valence-corrected chi connectivity index (χ0v) is 21.4. The molecule has 0 radical (unpaired) electrons. The Morgan fingerprint density at radius 1 is 1.15 bits per heavy atom. The zero-order valence-electron chi connectivity index (χ0n) is 19.1. The van der Waals surface area contributed by atoms with Gasteiger partial charge in [-0.3, -0.25) is 4.99 Å². The summed E-state index contributed by atoms with van der Waals surface area (Å²) < 4.78 is 7.77. The summed E-state index contributed by atoms with van der Waals surface area (Å²) in [6.45, 7) is 5.45. The van der Waals surface area contributed by atoms with E-state index in [1.165, 1.54) is 35.1 Å². The number of nitrogens with zero attached hydrogens (tertiary/aromatic N) is 4. The van der Waals surface area contributed by atoms with Gasteiger partial charge in [-0.05, 0) is 35.1 Å². The maximum atomic E-state index is 5.68. The minimum atomic E-state index is 0. The summed E-state index contributed by atoms with van der Waals surface area (Å²) in [5, 5.41) is 3.61. The minimum Gasteiger partial charge on any atom is -0.381 e. The number of ether oxygens (including phenoxy) is 1. The molecule has 0 bridgehead atoms. The van der Waals surface area contributed by atoms with Crippen molar-refractivity contribution in [3.63, 3.8) is 0 Å². The molecule has 33 heavy (non-hydrogen) atoms. The number of hydrogen-bond donors (Lipinski definition) is 1. The summed E-state index contributed by atoms with van der Waals surface area (Å²) >= 11 is 0. The third-order valence-corrected chi connectivity index (χ3v) is 6.78. The number of imidazole rings is 1. The summed E-state index contributed by atoms with van der Waals surface area (Å²) in [6, 6.07) is 17.4. The van der Waals surface area contributed by atoms with Crippen molar-refractivity contribution in [2.24, 2.45) is 10.4 Å². The molecule has 0 amide bonds. The number of aromatic nitrogens is 2. The molecule has 2 saturated heterocycles. The lowest BCUT2D eigenvalue weighted by Crippen LogP contribution is -2.41. The van der Waals surface area contributed by atoms with Crippen LogP contribution in [0.3, 0.4) is 0 Å². The first-order valence-electron chi connectivity index (χ1n) is 11.4. The topological polar surface area (TPSA) is 54.7 Å². The molecule has 3 aromatic rings. The average Bonchev–Trinajstić information content (AvgIpc) is 3.59. The van der Waals surface area contributed by atoms with Crippen molar-refractivity contribution in [2.45, 2.75) is 25.9 Å². The molecule has 0 aliphatic carbocycles. The molecule has 5 rings (SSSR count). The molecule has 1 spiro atoms. The Morgan fingerprint density at radius 3 is 2.73 bits per heavy atom. The zero-order chi connectivity index (χ0) is 21.8. The molecule has 2 aromatic carbocycles. The van der Waals surface area contributed by atoms with Crippen molar-refractivity contribution in [3.8, 4) is 11.1 Å². The van der Waals surface area contributed by atoms with Crippen LogP contribution in [0.2, 0.25) is 0 Å². The number of benzene rings is 2. The van der Waals surface area contributed by atoms with Crippen LogP contribution in [0.4, 0.5) is 0 Å². The van der Waals surface area contributed by atoms with Crippen LogP contribution in [0.5, 0.6) is 0 Å². The van der Waals surface area contributed by atoms with Gasteiger partial charge >= 0.3 is 0 Å². The van der Waals surface area contributed by atoms with Crippen LogP contribution >= 0.6 is 24.0 Å². The number of hydrogen-bond acceptors (Lipinski definition) is 3. The number of likely N-dealkylation sites (tertiary alicyclic amines) is 1. The highest BCUT2D eigenvalue weighted by Gasteiger charge is 2.42. The van der Waals surface area contributed by atoms with Gasteiger partial charge < -0.3 is 19.5 Å². The van der Waals surface area contributed by atoms with Crippen LogP contribution in [0.25, 0.3) is 11.1 Å². The molecule has 174 valence electrons. The fourth-order valence-corrected chi connectivity index (χ4v) is 4.93. The summed E-state index contributed by atoms with van der Waals surface area (Å²) in [7, 11) is 1.88. The third kappa shape index (κ3) is 5.41. The van der Waals surface area contributed by atoms with Crippen LogP contribution in [0, 0.1) is 5.41 Å². The van der Waals surface area contributed by atoms with E-state index in [1.807, 2.05) is 25.8 Å². The molecular weight excluding hydrogens is 525 g/mol. The Kier molecular flexibility index (Phi) is 7.70. The fraction of sp³-hybridized carbons (Fsp3) is 0.385. The molecule has 2 fully saturated rings. The van der Waals surface area contributed by atoms with Crippen molar-refractivity contribution in [1.29, 1.82) is 0 Å². The summed E-state index contributed by atoms with van der Waals surface area (Å²) in [4.78, 5) is 11.1. The first-order chi connectivity index (χ1) is 15.7. The lowest BCUT2D eigenvalue weighted by molar-refractivity contribution is 0.156. The number of nitrogens with one attached hydrogen (secondary N) is 1. The van der Waals surface area contributed by atoms with E-state index in [9.17, 15) is 0 Å². The van der Waals surface area contributed by atoms with Crippen molar-refractivity contribution >= 4 is 29.9 Å². The van der Waals surface area contributed by atoms with Crippen LogP contribution < -0.4 is 5.32 Å². The van der Waals surface area contributed by atoms with E-state index in [-0.39, 0.29) is 24.0 Å². The standard InChI is InChI=1S/C26H31N5O.HI/c1-27-25(31-13-10-26(18-31)11-15-32-19-26)29-16-23-4-2-3-5-24(23)22-8-6-21(7-9-22)17-30-14-12-28-20-30;/h2-9,12,14,20H,10-11,13,15-19H2,1H3,(H,27,29);1H. The van der Waals surface area contributed by atoms with Gasteiger partial charge in [0.25, 0.3) is 0 Å². The van der Waals surface area contributed by atoms with Crippen molar-refractivity contribution in [3.05, 3.63) is 78.4 Å². The highest BCUT2D eigenvalue weighted by atomic mass is 127. The molecule has 6 nitrogen and oxygen atoms in total. The molecule has 1 unspecified atom stereocenters. The molecule has 2 aliphatic rings. The van der Waals surface area contributed by atoms with E-state index in [4.69, 9.17) is 4.74 Å². The van der Waals surface area contributed by atoms with Gasteiger partial charge in [0.05, 0.1) is 12.9 Å². The summed E-state index contributed by atoms with van der Waals surface area (Å²) in [5.74, 6) is 0.985. The van der Waals surface area contributed by atoms with Gasteiger partial charge in [0.2, 0.25) is 0 Å². The van der Waals surface area contributed by atoms with Crippen molar-refractivity contribution in [2.75, 3.05) is 33.4 Å². The van der Waals surface area contributed by atoms with Crippen LogP contribution in [-0.2, 0) is 17.8 Å². The predicted molar refractivity (Wildman–Crippen MR) is 143 cm³/mol. The molecule has 0 saturated carbocycles. The largest absolute Gasteiger partial charge is 0.381 e. The van der Waals surface area contributed by atoms with E-state index in [1.54, 1.807) is 0 Å². The second kappa shape index (κ2) is 10.7. The fourth-order valence-electron chi connectivity index (χ4n) is 4.93. The molecule has 7 heteroatoms. The first-order valence-corrected chi connectivity index (χ1v) is 11.4.